The Balaban J connectivity index is 1.37. The fourth-order valence-corrected chi connectivity index (χ4v) is 2.25. The quantitative estimate of drug-likeness (QED) is 0.668. The predicted octanol–water partition coefficient (Wildman–Crippen LogP) is 2.10. The first kappa shape index (κ1) is 12.9. The smallest absolute Gasteiger partial charge is 0.137 e. The van der Waals surface area contributed by atoms with Gasteiger partial charge in [-0.05, 0) is 31.5 Å². The van der Waals surface area contributed by atoms with Crippen LogP contribution in [0.4, 0.5) is 0 Å². The molecule has 5 nitrogen and oxygen atoms in total. The Morgan fingerprint density at radius 2 is 2.15 bits per heavy atom. The number of aryl methyl sites for hydroxylation is 1. The molecule has 0 saturated carbocycles. The molecule has 3 aromatic heterocycles. The Labute approximate surface area is 118 Å². The van der Waals surface area contributed by atoms with Crippen molar-refractivity contribution in [3.05, 3.63) is 55.0 Å². The second-order valence-corrected chi connectivity index (χ2v) is 4.88. The van der Waals surface area contributed by atoms with Crippen molar-refractivity contribution in [2.75, 3.05) is 6.54 Å². The zero-order chi connectivity index (χ0) is 13.6. The van der Waals surface area contributed by atoms with Crippen molar-refractivity contribution in [3.8, 4) is 0 Å². The molecule has 5 heteroatoms. The second-order valence-electron chi connectivity index (χ2n) is 4.88. The maximum atomic E-state index is 4.56. The van der Waals surface area contributed by atoms with Crippen LogP contribution in [0.5, 0.6) is 0 Å². The number of nitrogens with zero attached hydrogens (tertiary/aromatic N) is 4. The summed E-state index contributed by atoms with van der Waals surface area (Å²) in [6.07, 6.45) is 12.1. The van der Waals surface area contributed by atoms with Crippen LogP contribution in [0.1, 0.15) is 18.5 Å². The number of unbranched alkanes of at least 4 members (excludes halogenated alkanes) is 1. The number of rotatable bonds is 7. The molecule has 0 unspecified atom stereocenters. The van der Waals surface area contributed by atoms with Crippen molar-refractivity contribution in [2.45, 2.75) is 25.9 Å². The highest BCUT2D eigenvalue weighted by Gasteiger charge is 1.99. The molecule has 3 rings (SSSR count). The van der Waals surface area contributed by atoms with Crippen molar-refractivity contribution in [2.24, 2.45) is 0 Å². The molecule has 1 N–H and O–H groups in total. The highest BCUT2D eigenvalue weighted by atomic mass is 15.0. The number of hydrogen-bond acceptors (Lipinski definition) is 3. The summed E-state index contributed by atoms with van der Waals surface area (Å²) in [5, 5.41) is 3.44. The third-order valence-electron chi connectivity index (χ3n) is 3.30. The summed E-state index contributed by atoms with van der Waals surface area (Å²) in [5.41, 5.74) is 2.09. The van der Waals surface area contributed by atoms with E-state index in [9.17, 15) is 0 Å². The highest BCUT2D eigenvalue weighted by molar-refractivity contribution is 5.39. The van der Waals surface area contributed by atoms with Gasteiger partial charge in [-0.2, -0.15) is 0 Å². The zero-order valence-corrected chi connectivity index (χ0v) is 11.4. The summed E-state index contributed by atoms with van der Waals surface area (Å²) in [5.74, 6) is 0. The van der Waals surface area contributed by atoms with E-state index < -0.39 is 0 Å². The molecular formula is C15H19N5. The van der Waals surface area contributed by atoms with Crippen LogP contribution in [0.15, 0.2) is 49.3 Å². The van der Waals surface area contributed by atoms with Crippen molar-refractivity contribution in [1.29, 1.82) is 0 Å². The van der Waals surface area contributed by atoms with Gasteiger partial charge in [0.05, 0.1) is 12.0 Å². The molecule has 3 heterocycles. The van der Waals surface area contributed by atoms with Gasteiger partial charge in [-0.3, -0.25) is 0 Å². The molecule has 0 radical (unpaired) electrons. The van der Waals surface area contributed by atoms with E-state index in [1.54, 1.807) is 0 Å². The Morgan fingerprint density at radius 3 is 3.00 bits per heavy atom. The van der Waals surface area contributed by atoms with Crippen LogP contribution in [0.3, 0.4) is 0 Å². The summed E-state index contributed by atoms with van der Waals surface area (Å²) in [4.78, 5) is 8.59. The van der Waals surface area contributed by atoms with Gasteiger partial charge in [0.1, 0.15) is 5.65 Å². The van der Waals surface area contributed by atoms with E-state index in [-0.39, 0.29) is 0 Å². The van der Waals surface area contributed by atoms with Crippen LogP contribution in [0.25, 0.3) is 5.65 Å². The number of nitrogens with one attached hydrogen (secondary N) is 1. The monoisotopic (exact) mass is 269 g/mol. The van der Waals surface area contributed by atoms with Gasteiger partial charge >= 0.3 is 0 Å². The molecule has 0 fully saturated rings. The number of hydrogen-bond donors (Lipinski definition) is 1. The third-order valence-corrected chi connectivity index (χ3v) is 3.30. The van der Waals surface area contributed by atoms with E-state index in [1.807, 2.05) is 43.1 Å². The molecule has 0 amide bonds. The van der Waals surface area contributed by atoms with Gasteiger partial charge in [0.2, 0.25) is 0 Å². The van der Waals surface area contributed by atoms with E-state index in [2.05, 4.69) is 30.4 Å². The lowest BCUT2D eigenvalue weighted by Gasteiger charge is -2.03. The molecule has 0 bridgehead atoms. The van der Waals surface area contributed by atoms with E-state index in [4.69, 9.17) is 0 Å². The van der Waals surface area contributed by atoms with Crippen molar-refractivity contribution >= 4 is 5.65 Å². The van der Waals surface area contributed by atoms with Gasteiger partial charge in [-0.25, -0.2) is 9.97 Å². The fourth-order valence-electron chi connectivity index (χ4n) is 2.25. The number of aromatic nitrogens is 4. The number of fused-ring (bicyclic) bond motifs is 1. The normalized spacial score (nSPS) is 11.2. The molecule has 20 heavy (non-hydrogen) atoms. The molecule has 0 aliphatic carbocycles. The van der Waals surface area contributed by atoms with Gasteiger partial charge in [-0.1, -0.05) is 6.07 Å². The lowest BCUT2D eigenvalue weighted by molar-refractivity contribution is 0.566. The minimum Gasteiger partial charge on any atom is -0.337 e. The van der Waals surface area contributed by atoms with Crippen LogP contribution in [0, 0.1) is 0 Å². The summed E-state index contributed by atoms with van der Waals surface area (Å²) < 4.78 is 4.16. The first-order chi connectivity index (χ1) is 9.92. The topological polar surface area (TPSA) is 47.1 Å². The molecular weight excluding hydrogens is 250 g/mol. The molecule has 104 valence electrons. The second kappa shape index (κ2) is 6.34. The van der Waals surface area contributed by atoms with E-state index in [0.29, 0.717) is 0 Å². The minimum absolute atomic E-state index is 0.826. The molecule has 0 saturated heterocycles. The van der Waals surface area contributed by atoms with Crippen molar-refractivity contribution in [1.82, 2.24) is 24.3 Å². The van der Waals surface area contributed by atoms with Gasteiger partial charge in [0, 0.05) is 37.9 Å². The van der Waals surface area contributed by atoms with E-state index in [0.717, 1.165) is 43.8 Å². The maximum absolute atomic E-state index is 4.56. The average Bonchev–Trinajstić information content (AvgIpc) is 3.11. The van der Waals surface area contributed by atoms with Crippen LogP contribution in [0.2, 0.25) is 0 Å². The summed E-state index contributed by atoms with van der Waals surface area (Å²) in [6.45, 7) is 2.88. The Kier molecular flexibility index (Phi) is 4.08. The molecule has 3 aromatic rings. The van der Waals surface area contributed by atoms with Gasteiger partial charge in [-0.15, -0.1) is 0 Å². The molecule has 0 aliphatic heterocycles. The molecule has 0 atom stereocenters. The largest absolute Gasteiger partial charge is 0.337 e. The molecule has 0 aromatic carbocycles. The van der Waals surface area contributed by atoms with Crippen molar-refractivity contribution < 1.29 is 0 Å². The zero-order valence-electron chi connectivity index (χ0n) is 11.4. The Morgan fingerprint density at radius 1 is 1.15 bits per heavy atom. The van der Waals surface area contributed by atoms with Crippen LogP contribution >= 0.6 is 0 Å². The fraction of sp³-hybridized carbons (Fsp3) is 0.333. The summed E-state index contributed by atoms with van der Waals surface area (Å²) in [7, 11) is 0. The summed E-state index contributed by atoms with van der Waals surface area (Å²) in [6, 6.07) is 6.05. The number of pyridine rings is 1. The predicted molar refractivity (Wildman–Crippen MR) is 78.4 cm³/mol. The molecule has 0 spiro atoms. The van der Waals surface area contributed by atoms with E-state index in [1.165, 1.54) is 0 Å². The third kappa shape index (κ3) is 3.24. The van der Waals surface area contributed by atoms with E-state index >= 15 is 0 Å². The molecule has 0 aliphatic rings. The Bertz CT molecular complexity index is 608. The standard InChI is InChI=1S/C15H19N5/c1-3-9-20-12-14(18-15(20)5-1)11-16-6-2-4-8-19-10-7-17-13-19/h1,3,5,7,9-10,12-13,16H,2,4,6,8,11H2. The van der Waals surface area contributed by atoms with Gasteiger partial charge in [0.25, 0.3) is 0 Å². The van der Waals surface area contributed by atoms with Gasteiger partial charge < -0.3 is 14.3 Å². The van der Waals surface area contributed by atoms with Crippen LogP contribution < -0.4 is 5.32 Å². The highest BCUT2D eigenvalue weighted by Crippen LogP contribution is 2.04. The lowest BCUT2D eigenvalue weighted by Crippen LogP contribution is -2.15. The van der Waals surface area contributed by atoms with Crippen molar-refractivity contribution in [3.63, 3.8) is 0 Å². The summed E-state index contributed by atoms with van der Waals surface area (Å²) >= 11 is 0. The minimum atomic E-state index is 0.826. The SMILES string of the molecule is c1ccn2cc(CNCCCCn3ccnc3)nc2c1. The lowest BCUT2D eigenvalue weighted by atomic mass is 10.3. The van der Waals surface area contributed by atoms with Crippen LogP contribution in [-0.4, -0.2) is 25.5 Å². The first-order valence-corrected chi connectivity index (χ1v) is 7.01. The number of imidazole rings is 2. The Hall–Kier alpha value is -2.14. The maximum Gasteiger partial charge on any atom is 0.137 e. The van der Waals surface area contributed by atoms with Gasteiger partial charge in [0.15, 0.2) is 0 Å². The average molecular weight is 269 g/mol. The van der Waals surface area contributed by atoms with Crippen LogP contribution in [-0.2, 0) is 13.1 Å². The first-order valence-electron chi connectivity index (χ1n) is 7.01.